The molecule has 0 aliphatic carbocycles. The summed E-state index contributed by atoms with van der Waals surface area (Å²) in [5.41, 5.74) is 7.09. The maximum Gasteiger partial charge on any atom is 0.220 e. The summed E-state index contributed by atoms with van der Waals surface area (Å²) in [6.45, 7) is 4.71. The number of carbonyl (C=O) groups excluding carboxylic acids is 1. The van der Waals surface area contributed by atoms with Crippen LogP contribution in [0, 0.1) is 5.82 Å². The Kier molecular flexibility index (Phi) is 15.5. The van der Waals surface area contributed by atoms with Crippen LogP contribution in [-0.4, -0.2) is 39.8 Å². The molecule has 3 N–H and O–H groups in total. The Labute approximate surface area is 346 Å². The molecule has 6 rings (SSSR count). The lowest BCUT2D eigenvalue weighted by molar-refractivity contribution is -0.121. The van der Waals surface area contributed by atoms with Crippen molar-refractivity contribution in [2.45, 2.75) is 94.5 Å². The zero-order valence-corrected chi connectivity index (χ0v) is 34.7. The first-order valence-electron chi connectivity index (χ1n) is 21.3. The topological polar surface area (TPSA) is 71.6 Å². The Balaban J connectivity index is 1.20. The van der Waals surface area contributed by atoms with E-state index < -0.39 is 0 Å². The van der Waals surface area contributed by atoms with Gasteiger partial charge >= 0.3 is 0 Å². The van der Waals surface area contributed by atoms with E-state index in [1.807, 2.05) is 0 Å². The second-order valence-electron chi connectivity index (χ2n) is 15.9. The number of rotatable bonds is 22. The van der Waals surface area contributed by atoms with E-state index in [-0.39, 0.29) is 22.7 Å². The monoisotopic (exact) mass is 783 g/mol. The first-order valence-corrected chi connectivity index (χ1v) is 21.3. The number of amides is 1. The van der Waals surface area contributed by atoms with Gasteiger partial charge in [0, 0.05) is 36.5 Å². The fraction of sp³-hybridized carbons (Fsp3) is 0.392. The lowest BCUT2D eigenvalue weighted by atomic mass is 9.66. The number of fused-ring (bicyclic) bond motifs is 1. The van der Waals surface area contributed by atoms with Crippen molar-refractivity contribution in [3.8, 4) is 11.5 Å². The molecule has 5 aromatic carbocycles. The summed E-state index contributed by atoms with van der Waals surface area (Å²) in [5.74, 6) is 1.32. The number of hydrogen-bond donors (Lipinski definition) is 3. The third-order valence-corrected chi connectivity index (χ3v) is 12.3. The number of carbonyl (C=O) groups is 1. The Morgan fingerprint density at radius 1 is 0.759 bits per heavy atom. The van der Waals surface area contributed by atoms with E-state index in [0.29, 0.717) is 25.4 Å². The van der Waals surface area contributed by atoms with Gasteiger partial charge in [0.25, 0.3) is 0 Å². The van der Waals surface area contributed by atoms with Crippen molar-refractivity contribution >= 4 is 5.91 Å². The first kappa shape index (κ1) is 42.6. The van der Waals surface area contributed by atoms with Crippen LogP contribution in [0.2, 0.25) is 0 Å². The van der Waals surface area contributed by atoms with Gasteiger partial charge in [-0.15, -0.1) is 0 Å². The highest BCUT2D eigenvalue weighted by Crippen LogP contribution is 2.46. The Morgan fingerprint density at radius 3 is 2.02 bits per heavy atom. The number of nitrogens with one attached hydrogen (secondary N) is 3. The van der Waals surface area contributed by atoms with Crippen molar-refractivity contribution in [3.63, 3.8) is 0 Å². The van der Waals surface area contributed by atoms with Gasteiger partial charge in [0.15, 0.2) is 11.5 Å². The van der Waals surface area contributed by atoms with Crippen LogP contribution in [0.15, 0.2) is 127 Å². The minimum absolute atomic E-state index is 0.0232. The standard InChI is InChI=1S/C51H62FN3O3/c1-39(41-17-7-4-8-18-41)53-34-14-13-32-51(46-38-48(58-3)47(57-2)37-42(46)29-36-55-51)33-15-30-50(43-19-9-5-10-20-43,44-21-11-6-12-22-44)31-16-35-54-49(56)28-25-40-23-26-45(52)27-24-40/h4-12,17-24,26-27,37-39,53,55H,13-16,25,28-36H2,1-3H3,(H,54,56). The van der Waals surface area contributed by atoms with Crippen LogP contribution in [0.3, 0.4) is 0 Å². The van der Waals surface area contributed by atoms with E-state index in [0.717, 1.165) is 87.9 Å². The van der Waals surface area contributed by atoms with E-state index >= 15 is 0 Å². The minimum atomic E-state index is -0.262. The molecule has 1 heterocycles. The Hall–Kier alpha value is -4.98. The predicted molar refractivity (Wildman–Crippen MR) is 234 cm³/mol. The molecule has 1 amide bonds. The molecule has 0 spiro atoms. The molecule has 0 aromatic heterocycles. The molecule has 2 atom stereocenters. The normalized spacial score (nSPS) is 15.7. The Bertz CT molecular complexity index is 1950. The van der Waals surface area contributed by atoms with E-state index in [4.69, 9.17) is 9.47 Å². The number of unbranched alkanes of at least 4 members (excludes halogenated alkanes) is 1. The molecule has 0 saturated carbocycles. The second kappa shape index (κ2) is 21.1. The number of halogens is 1. The highest BCUT2D eigenvalue weighted by Gasteiger charge is 2.39. The van der Waals surface area contributed by atoms with E-state index in [1.165, 1.54) is 39.9 Å². The molecule has 1 aliphatic rings. The summed E-state index contributed by atoms with van der Waals surface area (Å²) in [6, 6.07) is 43.7. The van der Waals surface area contributed by atoms with Crippen LogP contribution in [-0.2, 0) is 28.6 Å². The van der Waals surface area contributed by atoms with Crippen LogP contribution in [0.25, 0.3) is 0 Å². The average Bonchev–Trinajstić information content (AvgIpc) is 3.27. The molecule has 306 valence electrons. The number of ether oxygens (including phenoxy) is 2. The van der Waals surface area contributed by atoms with Gasteiger partial charge < -0.3 is 25.4 Å². The summed E-state index contributed by atoms with van der Waals surface area (Å²) in [5, 5.41) is 11.0. The van der Waals surface area contributed by atoms with Gasteiger partial charge in [-0.2, -0.15) is 0 Å². The summed E-state index contributed by atoms with van der Waals surface area (Å²) in [6.07, 6.45) is 9.76. The number of benzene rings is 5. The van der Waals surface area contributed by atoms with Crippen LogP contribution < -0.4 is 25.4 Å². The molecule has 2 unspecified atom stereocenters. The van der Waals surface area contributed by atoms with E-state index in [1.54, 1.807) is 26.4 Å². The summed E-state index contributed by atoms with van der Waals surface area (Å²) < 4.78 is 25.0. The molecule has 0 radical (unpaired) electrons. The number of hydrogen-bond acceptors (Lipinski definition) is 5. The van der Waals surface area contributed by atoms with E-state index in [2.05, 4.69) is 126 Å². The maximum absolute atomic E-state index is 13.4. The SMILES string of the molecule is COc1cc2c(cc1OC)C(CCCCNC(C)c1ccccc1)(CCCC(CCCNC(=O)CCc1ccc(F)cc1)(c1ccccc1)c1ccccc1)NCC2. The third kappa shape index (κ3) is 10.9. The van der Waals surface area contributed by atoms with Crippen molar-refractivity contribution in [3.05, 3.63) is 167 Å². The zero-order valence-electron chi connectivity index (χ0n) is 34.7. The highest BCUT2D eigenvalue weighted by atomic mass is 19.1. The average molecular weight is 784 g/mol. The molecule has 58 heavy (non-hydrogen) atoms. The molecule has 0 saturated heterocycles. The van der Waals surface area contributed by atoms with Gasteiger partial charge in [-0.3, -0.25) is 4.79 Å². The van der Waals surface area contributed by atoms with Gasteiger partial charge in [0.2, 0.25) is 5.91 Å². The van der Waals surface area contributed by atoms with Gasteiger partial charge in [-0.1, -0.05) is 116 Å². The maximum atomic E-state index is 13.4. The van der Waals surface area contributed by atoms with Gasteiger partial charge in [-0.05, 0) is 122 Å². The molecular weight excluding hydrogens is 722 g/mol. The van der Waals surface area contributed by atoms with Gasteiger partial charge in [0.05, 0.1) is 14.2 Å². The van der Waals surface area contributed by atoms with Crippen LogP contribution >= 0.6 is 0 Å². The largest absolute Gasteiger partial charge is 0.493 e. The van der Waals surface area contributed by atoms with Gasteiger partial charge in [0.1, 0.15) is 5.82 Å². The van der Waals surface area contributed by atoms with Crippen LogP contribution in [0.1, 0.15) is 104 Å². The number of methoxy groups -OCH3 is 2. The van der Waals surface area contributed by atoms with Crippen LogP contribution in [0.5, 0.6) is 11.5 Å². The van der Waals surface area contributed by atoms with Crippen molar-refractivity contribution < 1.29 is 18.7 Å². The molecular formula is C51H62FN3O3. The smallest absolute Gasteiger partial charge is 0.220 e. The predicted octanol–water partition coefficient (Wildman–Crippen LogP) is 10.4. The van der Waals surface area contributed by atoms with Crippen molar-refractivity contribution in [2.24, 2.45) is 0 Å². The van der Waals surface area contributed by atoms with Crippen LogP contribution in [0.4, 0.5) is 4.39 Å². The quantitative estimate of drug-likeness (QED) is 0.0610. The molecule has 1 aliphatic heterocycles. The van der Waals surface area contributed by atoms with Crippen molar-refractivity contribution in [1.29, 1.82) is 0 Å². The highest BCUT2D eigenvalue weighted by molar-refractivity contribution is 5.76. The Morgan fingerprint density at radius 2 is 1.36 bits per heavy atom. The fourth-order valence-corrected chi connectivity index (χ4v) is 9.10. The molecule has 7 heteroatoms. The molecule has 0 fully saturated rings. The summed E-state index contributed by atoms with van der Waals surface area (Å²) in [4.78, 5) is 12.9. The number of aryl methyl sites for hydroxylation is 1. The third-order valence-electron chi connectivity index (χ3n) is 12.3. The summed E-state index contributed by atoms with van der Waals surface area (Å²) >= 11 is 0. The molecule has 6 nitrogen and oxygen atoms in total. The molecule has 0 bridgehead atoms. The minimum Gasteiger partial charge on any atom is -0.493 e. The summed E-state index contributed by atoms with van der Waals surface area (Å²) in [7, 11) is 3.44. The lowest BCUT2D eigenvalue weighted by Gasteiger charge is -2.43. The molecule has 5 aromatic rings. The van der Waals surface area contributed by atoms with Crippen molar-refractivity contribution in [1.82, 2.24) is 16.0 Å². The van der Waals surface area contributed by atoms with E-state index in [9.17, 15) is 9.18 Å². The lowest BCUT2D eigenvalue weighted by Crippen LogP contribution is -2.47. The first-order chi connectivity index (χ1) is 28.4. The zero-order chi connectivity index (χ0) is 40.6. The van der Waals surface area contributed by atoms with Crippen molar-refractivity contribution in [2.75, 3.05) is 33.9 Å². The fourth-order valence-electron chi connectivity index (χ4n) is 9.10. The second-order valence-corrected chi connectivity index (χ2v) is 15.9. The van der Waals surface area contributed by atoms with Gasteiger partial charge in [-0.25, -0.2) is 4.39 Å².